The molecule has 0 spiro atoms. The van der Waals surface area contributed by atoms with Crippen molar-refractivity contribution >= 4 is 0 Å². The van der Waals surface area contributed by atoms with Crippen LogP contribution in [0.15, 0.2) is 12.4 Å². The molecule has 4 nitrogen and oxygen atoms in total. The van der Waals surface area contributed by atoms with Gasteiger partial charge in [0.25, 0.3) is 0 Å². The minimum atomic E-state index is 0.334. The molecule has 0 radical (unpaired) electrons. The van der Waals surface area contributed by atoms with Gasteiger partial charge in [0.05, 0.1) is 12.4 Å². The summed E-state index contributed by atoms with van der Waals surface area (Å²) < 4.78 is 5.47. The first kappa shape index (κ1) is 10.9. The summed E-state index contributed by atoms with van der Waals surface area (Å²) in [6.45, 7) is 4.71. The minimum absolute atomic E-state index is 0.334. The summed E-state index contributed by atoms with van der Waals surface area (Å²) in [6.07, 6.45) is 4.29. The largest absolute Gasteiger partial charge is 0.489 e. The van der Waals surface area contributed by atoms with Crippen molar-refractivity contribution in [2.24, 2.45) is 0 Å². The molecule has 0 saturated carbocycles. The van der Waals surface area contributed by atoms with Gasteiger partial charge in [-0.3, -0.25) is 0 Å². The summed E-state index contributed by atoms with van der Waals surface area (Å²) in [5.41, 5.74) is 0. The van der Waals surface area contributed by atoms with Gasteiger partial charge in [-0.1, -0.05) is 6.92 Å². The highest BCUT2D eigenvalue weighted by molar-refractivity contribution is 5.12. The van der Waals surface area contributed by atoms with E-state index in [1.165, 1.54) is 0 Å². The number of ether oxygens (including phenoxy) is 1. The average Bonchev–Trinajstić information content (AvgIpc) is 2.26. The van der Waals surface area contributed by atoms with Crippen LogP contribution in [0, 0.1) is 0 Å². The molecular formula is C10H17N3O. The molecule has 0 aliphatic heterocycles. The van der Waals surface area contributed by atoms with Crippen molar-refractivity contribution in [2.45, 2.75) is 26.3 Å². The summed E-state index contributed by atoms with van der Waals surface area (Å²) >= 11 is 0. The van der Waals surface area contributed by atoms with E-state index in [1.54, 1.807) is 12.4 Å². The minimum Gasteiger partial charge on any atom is -0.489 e. The van der Waals surface area contributed by atoms with E-state index in [0.29, 0.717) is 12.6 Å². The van der Waals surface area contributed by atoms with E-state index >= 15 is 0 Å². The van der Waals surface area contributed by atoms with Crippen LogP contribution in [0.1, 0.15) is 19.7 Å². The second kappa shape index (κ2) is 5.54. The Morgan fingerprint density at radius 1 is 1.43 bits per heavy atom. The zero-order valence-corrected chi connectivity index (χ0v) is 8.95. The summed E-state index contributed by atoms with van der Waals surface area (Å²) in [5.74, 6) is 1.57. The lowest BCUT2D eigenvalue weighted by atomic mass is 10.4. The SMILES string of the molecule is CCc1ncc(OCC(C)NC)cn1. The number of nitrogens with one attached hydrogen (secondary N) is 1. The Labute approximate surface area is 84.7 Å². The van der Waals surface area contributed by atoms with Crippen molar-refractivity contribution in [3.8, 4) is 5.75 Å². The van der Waals surface area contributed by atoms with Gasteiger partial charge in [-0.25, -0.2) is 9.97 Å². The Morgan fingerprint density at radius 3 is 2.57 bits per heavy atom. The molecule has 0 aliphatic rings. The molecule has 1 heterocycles. The van der Waals surface area contributed by atoms with Gasteiger partial charge in [-0.05, 0) is 14.0 Å². The lowest BCUT2D eigenvalue weighted by Gasteiger charge is -2.11. The van der Waals surface area contributed by atoms with E-state index in [0.717, 1.165) is 18.0 Å². The van der Waals surface area contributed by atoms with E-state index in [4.69, 9.17) is 4.74 Å². The van der Waals surface area contributed by atoms with Crippen LogP contribution in [0.2, 0.25) is 0 Å². The molecule has 0 bridgehead atoms. The monoisotopic (exact) mass is 195 g/mol. The lowest BCUT2D eigenvalue weighted by molar-refractivity contribution is 0.277. The summed E-state index contributed by atoms with van der Waals surface area (Å²) in [5, 5.41) is 3.09. The summed E-state index contributed by atoms with van der Waals surface area (Å²) in [4.78, 5) is 8.29. The Morgan fingerprint density at radius 2 is 2.07 bits per heavy atom. The number of nitrogens with zero attached hydrogens (tertiary/aromatic N) is 2. The smallest absolute Gasteiger partial charge is 0.155 e. The molecule has 14 heavy (non-hydrogen) atoms. The number of hydrogen-bond acceptors (Lipinski definition) is 4. The van der Waals surface area contributed by atoms with Crippen molar-refractivity contribution < 1.29 is 4.74 Å². The van der Waals surface area contributed by atoms with E-state index in [2.05, 4.69) is 22.2 Å². The lowest BCUT2D eigenvalue weighted by Crippen LogP contribution is -2.28. The predicted molar refractivity (Wildman–Crippen MR) is 55.4 cm³/mol. The molecule has 1 rings (SSSR count). The first-order chi connectivity index (χ1) is 6.76. The molecule has 1 aromatic heterocycles. The second-order valence-corrected chi connectivity index (χ2v) is 3.19. The Kier molecular flexibility index (Phi) is 4.32. The van der Waals surface area contributed by atoms with Crippen LogP contribution in [-0.4, -0.2) is 29.7 Å². The van der Waals surface area contributed by atoms with Gasteiger partial charge in [0.2, 0.25) is 0 Å². The zero-order chi connectivity index (χ0) is 10.4. The maximum absolute atomic E-state index is 5.47. The van der Waals surface area contributed by atoms with Crippen molar-refractivity contribution in [1.82, 2.24) is 15.3 Å². The molecule has 0 aromatic carbocycles. The van der Waals surface area contributed by atoms with Crippen molar-refractivity contribution in [3.63, 3.8) is 0 Å². The fraction of sp³-hybridized carbons (Fsp3) is 0.600. The fourth-order valence-corrected chi connectivity index (χ4v) is 0.905. The first-order valence-corrected chi connectivity index (χ1v) is 4.87. The maximum atomic E-state index is 5.47. The van der Waals surface area contributed by atoms with E-state index in [-0.39, 0.29) is 0 Å². The first-order valence-electron chi connectivity index (χ1n) is 4.87. The molecule has 1 unspecified atom stereocenters. The second-order valence-electron chi connectivity index (χ2n) is 3.19. The van der Waals surface area contributed by atoms with Crippen LogP contribution in [0.25, 0.3) is 0 Å². The molecule has 1 aromatic rings. The topological polar surface area (TPSA) is 47.0 Å². The van der Waals surface area contributed by atoms with Gasteiger partial charge in [0, 0.05) is 12.5 Å². The van der Waals surface area contributed by atoms with Crippen molar-refractivity contribution in [3.05, 3.63) is 18.2 Å². The maximum Gasteiger partial charge on any atom is 0.155 e. The van der Waals surface area contributed by atoms with Gasteiger partial charge in [-0.2, -0.15) is 0 Å². The fourth-order valence-electron chi connectivity index (χ4n) is 0.905. The highest BCUT2D eigenvalue weighted by atomic mass is 16.5. The average molecular weight is 195 g/mol. The number of likely N-dealkylation sites (N-methyl/N-ethyl adjacent to an activating group) is 1. The van der Waals surface area contributed by atoms with Crippen LogP contribution in [-0.2, 0) is 6.42 Å². The molecule has 1 atom stereocenters. The number of aromatic nitrogens is 2. The van der Waals surface area contributed by atoms with Crippen molar-refractivity contribution in [2.75, 3.05) is 13.7 Å². The van der Waals surface area contributed by atoms with E-state index in [9.17, 15) is 0 Å². The third-order valence-corrected chi connectivity index (χ3v) is 1.99. The quantitative estimate of drug-likeness (QED) is 0.762. The van der Waals surface area contributed by atoms with Gasteiger partial charge in [0.1, 0.15) is 12.4 Å². The highest BCUT2D eigenvalue weighted by Crippen LogP contribution is 2.06. The van der Waals surface area contributed by atoms with Crippen LogP contribution in [0.5, 0.6) is 5.75 Å². The van der Waals surface area contributed by atoms with Crippen LogP contribution in [0.4, 0.5) is 0 Å². The summed E-state index contributed by atoms with van der Waals surface area (Å²) in [7, 11) is 1.91. The van der Waals surface area contributed by atoms with Crippen LogP contribution in [0.3, 0.4) is 0 Å². The van der Waals surface area contributed by atoms with Crippen molar-refractivity contribution in [1.29, 1.82) is 0 Å². The normalized spacial score (nSPS) is 12.5. The Balaban J connectivity index is 2.43. The van der Waals surface area contributed by atoms with E-state index < -0.39 is 0 Å². The van der Waals surface area contributed by atoms with E-state index in [1.807, 2.05) is 14.0 Å². The van der Waals surface area contributed by atoms with Gasteiger partial charge < -0.3 is 10.1 Å². The molecule has 0 fully saturated rings. The number of rotatable bonds is 5. The molecule has 78 valence electrons. The van der Waals surface area contributed by atoms with Gasteiger partial charge >= 0.3 is 0 Å². The summed E-state index contributed by atoms with van der Waals surface area (Å²) in [6, 6.07) is 0.334. The third-order valence-electron chi connectivity index (χ3n) is 1.99. The molecule has 4 heteroatoms. The molecule has 0 saturated heterocycles. The number of hydrogen-bond donors (Lipinski definition) is 1. The Bertz CT molecular complexity index is 261. The highest BCUT2D eigenvalue weighted by Gasteiger charge is 2.00. The van der Waals surface area contributed by atoms with Gasteiger partial charge in [-0.15, -0.1) is 0 Å². The molecule has 1 N–H and O–H groups in total. The standard InChI is InChI=1S/C10H17N3O/c1-4-10-12-5-9(6-13-10)14-7-8(2)11-3/h5-6,8,11H,4,7H2,1-3H3. The predicted octanol–water partition coefficient (Wildman–Crippen LogP) is 1.03. The van der Waals surface area contributed by atoms with Gasteiger partial charge in [0.15, 0.2) is 5.75 Å². The Hall–Kier alpha value is -1.16. The number of aryl methyl sites for hydroxylation is 1. The zero-order valence-electron chi connectivity index (χ0n) is 8.95. The molecule has 0 aliphatic carbocycles. The van der Waals surface area contributed by atoms with Crippen LogP contribution < -0.4 is 10.1 Å². The van der Waals surface area contributed by atoms with Crippen LogP contribution >= 0.6 is 0 Å². The molecule has 0 amide bonds. The molecular weight excluding hydrogens is 178 g/mol. The third kappa shape index (κ3) is 3.30.